The number of amides is 2. The summed E-state index contributed by atoms with van der Waals surface area (Å²) in [4.78, 5) is 29.6. The molecule has 204 valence electrons. The molecule has 7 aromatic rings. The van der Waals surface area contributed by atoms with E-state index in [1.54, 1.807) is 6.07 Å². The summed E-state index contributed by atoms with van der Waals surface area (Å²) in [6, 6.07) is 46.3. The van der Waals surface area contributed by atoms with Crippen molar-refractivity contribution in [1.82, 2.24) is 4.57 Å². The molecule has 4 heteroatoms. The lowest BCUT2D eigenvalue weighted by atomic mass is 10.0. The topological polar surface area (TPSA) is 42.3 Å². The molecule has 0 fully saturated rings. The summed E-state index contributed by atoms with van der Waals surface area (Å²) in [5.74, 6) is -0.633. The maximum Gasteiger partial charge on any atom is 0.268 e. The fraction of sp³-hybridized carbons (Fsp3) is 0.0256. The van der Waals surface area contributed by atoms with Gasteiger partial charge in [-0.25, -0.2) is 4.90 Å². The zero-order chi connectivity index (χ0) is 29.1. The Kier molecular flexibility index (Phi) is 5.63. The first-order valence-corrected chi connectivity index (χ1v) is 14.4. The molecule has 0 N–H and O–H groups in total. The summed E-state index contributed by atoms with van der Waals surface area (Å²) in [6.07, 6.45) is 0. The van der Waals surface area contributed by atoms with Gasteiger partial charge in [0.05, 0.1) is 33.5 Å². The van der Waals surface area contributed by atoms with Crippen molar-refractivity contribution in [3.8, 4) is 27.9 Å². The molecule has 1 aliphatic heterocycles. The van der Waals surface area contributed by atoms with E-state index in [9.17, 15) is 9.59 Å². The van der Waals surface area contributed by atoms with Crippen LogP contribution in [0.3, 0.4) is 0 Å². The molecule has 0 saturated carbocycles. The molecule has 0 aliphatic carbocycles. The van der Waals surface area contributed by atoms with Crippen LogP contribution in [0, 0.1) is 6.92 Å². The van der Waals surface area contributed by atoms with E-state index >= 15 is 0 Å². The van der Waals surface area contributed by atoms with Gasteiger partial charge >= 0.3 is 0 Å². The van der Waals surface area contributed by atoms with E-state index in [2.05, 4.69) is 66.1 Å². The second-order valence-corrected chi connectivity index (χ2v) is 11.0. The van der Waals surface area contributed by atoms with Crippen molar-refractivity contribution < 1.29 is 9.59 Å². The molecule has 43 heavy (non-hydrogen) atoms. The van der Waals surface area contributed by atoms with Crippen LogP contribution in [0.25, 0.3) is 49.7 Å². The number of para-hydroxylation sites is 2. The Labute approximate surface area is 249 Å². The Balaban J connectivity index is 1.35. The lowest BCUT2D eigenvalue weighted by Crippen LogP contribution is -2.29. The molecule has 6 aromatic carbocycles. The third-order valence-electron chi connectivity index (χ3n) is 8.40. The van der Waals surface area contributed by atoms with Crippen molar-refractivity contribution in [2.75, 3.05) is 4.90 Å². The van der Waals surface area contributed by atoms with Crippen LogP contribution in [0.4, 0.5) is 5.69 Å². The Morgan fingerprint density at radius 1 is 0.512 bits per heavy atom. The number of hydrogen-bond acceptors (Lipinski definition) is 2. The van der Waals surface area contributed by atoms with Crippen molar-refractivity contribution in [3.05, 3.63) is 156 Å². The maximum absolute atomic E-state index is 14.3. The Morgan fingerprint density at radius 2 is 1.19 bits per heavy atom. The molecule has 4 nitrogen and oxygen atoms in total. The molecule has 0 radical (unpaired) electrons. The lowest BCUT2D eigenvalue weighted by Gasteiger charge is -2.16. The largest absolute Gasteiger partial charge is 0.308 e. The van der Waals surface area contributed by atoms with E-state index in [4.69, 9.17) is 0 Å². The molecular weight excluding hydrogens is 528 g/mol. The molecule has 0 saturated heterocycles. The second-order valence-electron chi connectivity index (χ2n) is 11.0. The van der Waals surface area contributed by atoms with Crippen LogP contribution in [-0.2, 0) is 0 Å². The van der Waals surface area contributed by atoms with Gasteiger partial charge in [-0.1, -0.05) is 115 Å². The number of benzene rings is 6. The van der Waals surface area contributed by atoms with E-state index in [0.29, 0.717) is 22.5 Å². The van der Waals surface area contributed by atoms with E-state index < -0.39 is 0 Å². The minimum absolute atomic E-state index is 0.313. The highest BCUT2D eigenvalue weighted by Gasteiger charge is 2.39. The lowest BCUT2D eigenvalue weighted by molar-refractivity contribution is 0.0926. The van der Waals surface area contributed by atoms with Crippen molar-refractivity contribution in [2.45, 2.75) is 6.92 Å². The predicted octanol–water partition coefficient (Wildman–Crippen LogP) is 9.23. The smallest absolute Gasteiger partial charge is 0.268 e. The summed E-state index contributed by atoms with van der Waals surface area (Å²) in [5, 5.41) is 2.18. The number of anilines is 1. The molecule has 2 amide bonds. The van der Waals surface area contributed by atoms with Crippen molar-refractivity contribution in [2.24, 2.45) is 0 Å². The molecule has 1 aromatic heterocycles. The monoisotopic (exact) mass is 554 g/mol. The first-order chi connectivity index (χ1) is 21.1. The van der Waals surface area contributed by atoms with Gasteiger partial charge in [0.2, 0.25) is 0 Å². The number of aryl methyl sites for hydroxylation is 1. The number of hydrogen-bond donors (Lipinski definition) is 0. The first kappa shape index (κ1) is 25.0. The Hall–Kier alpha value is -5.74. The summed E-state index contributed by atoms with van der Waals surface area (Å²) in [6.45, 7) is 2.08. The standard InChI is InChI=1S/C39H26N2O2/c1-25-20-22-27(23-21-25)30-15-8-16-32-31-14-5-6-18-34(31)41(37(30)32)35-19-9-17-33-36(35)39(43)40(38(33)42)29-13-7-12-28(24-29)26-10-3-2-4-11-26/h2-24H,1H3. The highest BCUT2D eigenvalue weighted by molar-refractivity contribution is 6.36. The predicted molar refractivity (Wildman–Crippen MR) is 174 cm³/mol. The summed E-state index contributed by atoms with van der Waals surface area (Å²) < 4.78 is 2.16. The SMILES string of the molecule is Cc1ccc(-c2cccc3c4ccccc4n(-c4cccc5c4C(=O)N(c4cccc(-c6ccccc6)c4)C5=O)c23)cc1. The highest BCUT2D eigenvalue weighted by Crippen LogP contribution is 2.41. The van der Waals surface area contributed by atoms with Crippen LogP contribution in [0.15, 0.2) is 140 Å². The van der Waals surface area contributed by atoms with Gasteiger partial charge in [0.25, 0.3) is 11.8 Å². The van der Waals surface area contributed by atoms with E-state index in [-0.39, 0.29) is 11.8 Å². The number of carbonyl (C=O) groups is 2. The first-order valence-electron chi connectivity index (χ1n) is 14.4. The third-order valence-corrected chi connectivity index (χ3v) is 8.40. The normalized spacial score (nSPS) is 12.8. The maximum atomic E-state index is 14.3. The molecular formula is C39H26N2O2. The van der Waals surface area contributed by atoms with E-state index in [1.165, 1.54) is 10.5 Å². The molecule has 0 bridgehead atoms. The van der Waals surface area contributed by atoms with Crippen LogP contribution in [0.5, 0.6) is 0 Å². The van der Waals surface area contributed by atoms with Crippen LogP contribution in [-0.4, -0.2) is 16.4 Å². The van der Waals surface area contributed by atoms with Gasteiger partial charge in [-0.2, -0.15) is 0 Å². The number of rotatable bonds is 4. The van der Waals surface area contributed by atoms with Gasteiger partial charge in [0.1, 0.15) is 0 Å². The summed E-state index contributed by atoms with van der Waals surface area (Å²) >= 11 is 0. The van der Waals surface area contributed by atoms with Crippen molar-refractivity contribution in [3.63, 3.8) is 0 Å². The van der Waals surface area contributed by atoms with Crippen LogP contribution < -0.4 is 4.90 Å². The second kappa shape index (κ2) is 9.68. The van der Waals surface area contributed by atoms with Crippen LogP contribution in [0.2, 0.25) is 0 Å². The molecule has 0 unspecified atom stereocenters. The van der Waals surface area contributed by atoms with E-state index in [1.807, 2.05) is 78.9 Å². The van der Waals surface area contributed by atoms with Crippen LogP contribution in [0.1, 0.15) is 26.3 Å². The third kappa shape index (κ3) is 3.84. The Morgan fingerprint density at radius 3 is 2.02 bits per heavy atom. The summed E-state index contributed by atoms with van der Waals surface area (Å²) in [7, 11) is 0. The minimum atomic E-state index is -0.320. The summed E-state index contributed by atoms with van der Waals surface area (Å²) in [5.41, 5.74) is 9.38. The number of carbonyl (C=O) groups excluding carboxylic acids is 2. The quantitative estimate of drug-likeness (QED) is 0.204. The highest BCUT2D eigenvalue weighted by atomic mass is 16.2. The van der Waals surface area contributed by atoms with Gasteiger partial charge in [0.15, 0.2) is 0 Å². The van der Waals surface area contributed by atoms with Crippen molar-refractivity contribution in [1.29, 1.82) is 0 Å². The zero-order valence-corrected chi connectivity index (χ0v) is 23.5. The fourth-order valence-electron chi connectivity index (χ4n) is 6.38. The Bertz CT molecular complexity index is 2230. The molecule has 2 heterocycles. The molecule has 0 atom stereocenters. The van der Waals surface area contributed by atoms with Gasteiger partial charge in [-0.3, -0.25) is 9.59 Å². The molecule has 8 rings (SSSR count). The number of imide groups is 1. The van der Waals surface area contributed by atoms with E-state index in [0.717, 1.165) is 44.1 Å². The van der Waals surface area contributed by atoms with Crippen LogP contribution >= 0.6 is 0 Å². The number of nitrogens with zero attached hydrogens (tertiary/aromatic N) is 2. The van der Waals surface area contributed by atoms with Crippen molar-refractivity contribution >= 4 is 39.3 Å². The molecule has 0 spiro atoms. The van der Waals surface area contributed by atoms with Gasteiger partial charge < -0.3 is 4.57 Å². The average Bonchev–Trinajstić information content (AvgIpc) is 3.53. The van der Waals surface area contributed by atoms with Gasteiger partial charge in [-0.05, 0) is 53.9 Å². The fourth-order valence-corrected chi connectivity index (χ4v) is 6.38. The average molecular weight is 555 g/mol. The van der Waals surface area contributed by atoms with Gasteiger partial charge in [0, 0.05) is 16.3 Å². The zero-order valence-electron chi connectivity index (χ0n) is 23.5. The van der Waals surface area contributed by atoms with Gasteiger partial charge in [-0.15, -0.1) is 0 Å². The molecule has 1 aliphatic rings. The number of aromatic nitrogens is 1. The minimum Gasteiger partial charge on any atom is -0.308 e. The number of fused-ring (bicyclic) bond motifs is 4.